The quantitative estimate of drug-likeness (QED) is 0.689. The van der Waals surface area contributed by atoms with Crippen LogP contribution in [0.4, 0.5) is 0 Å². The molecule has 1 aliphatic carbocycles. The van der Waals surface area contributed by atoms with Gasteiger partial charge in [-0.3, -0.25) is 9.59 Å². The van der Waals surface area contributed by atoms with E-state index in [1.54, 1.807) is 0 Å². The summed E-state index contributed by atoms with van der Waals surface area (Å²) in [6, 6.07) is 0.366. The predicted molar refractivity (Wildman–Crippen MR) is 91.8 cm³/mol. The van der Waals surface area contributed by atoms with Crippen LogP contribution < -0.4 is 16.0 Å². The first kappa shape index (κ1) is 18.0. The van der Waals surface area contributed by atoms with Crippen molar-refractivity contribution in [3.63, 3.8) is 0 Å². The molecule has 1 saturated carbocycles. The largest absolute Gasteiger partial charge is 0.349 e. The number of carbonyl (C=O) groups excluding carboxylic acids is 2. The van der Waals surface area contributed by atoms with Gasteiger partial charge in [-0.1, -0.05) is 6.08 Å². The molecular weight excluding hydrogens is 290 g/mol. The standard InChI is InChI=1S/C18H31N3O2/c1-7-8-15-14-10-19-11(2)13(14)9-18(15,20-12(3)22)16(23)21-17(4,5)6/h7,11,13-15,19H,1,8-10H2,2-6H3,(H,20,22)(H,21,23)/t11?,13-,14+,15-,18?/m0/s1. The molecule has 130 valence electrons. The summed E-state index contributed by atoms with van der Waals surface area (Å²) < 4.78 is 0. The molecule has 0 radical (unpaired) electrons. The molecule has 1 saturated heterocycles. The molecule has 2 fully saturated rings. The van der Waals surface area contributed by atoms with Gasteiger partial charge in [0, 0.05) is 18.5 Å². The van der Waals surface area contributed by atoms with Gasteiger partial charge in [0.05, 0.1) is 0 Å². The van der Waals surface area contributed by atoms with Gasteiger partial charge in [0.2, 0.25) is 11.8 Å². The number of fused-ring (bicyclic) bond motifs is 1. The van der Waals surface area contributed by atoms with Crippen LogP contribution in [0.5, 0.6) is 0 Å². The third kappa shape index (κ3) is 3.44. The highest BCUT2D eigenvalue weighted by molar-refractivity contribution is 5.92. The van der Waals surface area contributed by atoms with Crippen LogP contribution in [-0.4, -0.2) is 35.5 Å². The van der Waals surface area contributed by atoms with E-state index in [4.69, 9.17) is 0 Å². The van der Waals surface area contributed by atoms with Crippen LogP contribution in [0, 0.1) is 17.8 Å². The van der Waals surface area contributed by atoms with Crippen molar-refractivity contribution in [2.45, 2.75) is 64.6 Å². The molecule has 5 atom stereocenters. The molecule has 0 aromatic carbocycles. The lowest BCUT2D eigenvalue weighted by atomic mass is 9.79. The Hall–Kier alpha value is -1.36. The van der Waals surface area contributed by atoms with Crippen molar-refractivity contribution in [2.75, 3.05) is 6.54 Å². The Kier molecular flexibility index (Phi) is 4.90. The second kappa shape index (κ2) is 6.27. The van der Waals surface area contributed by atoms with Crippen LogP contribution in [0.15, 0.2) is 12.7 Å². The zero-order chi connectivity index (χ0) is 17.4. The normalized spacial score (nSPS) is 36.4. The minimum absolute atomic E-state index is 0.0614. The molecule has 1 aliphatic heterocycles. The summed E-state index contributed by atoms with van der Waals surface area (Å²) in [4.78, 5) is 25.1. The lowest BCUT2D eigenvalue weighted by molar-refractivity contribution is -0.136. The number of amides is 2. The highest BCUT2D eigenvalue weighted by atomic mass is 16.2. The zero-order valence-corrected chi connectivity index (χ0v) is 15.0. The maximum atomic E-state index is 13.2. The van der Waals surface area contributed by atoms with E-state index in [1.165, 1.54) is 6.92 Å². The Morgan fingerprint density at radius 3 is 2.52 bits per heavy atom. The van der Waals surface area contributed by atoms with Crippen molar-refractivity contribution < 1.29 is 9.59 Å². The Morgan fingerprint density at radius 2 is 2.00 bits per heavy atom. The molecule has 0 aromatic rings. The van der Waals surface area contributed by atoms with E-state index in [0.717, 1.165) is 13.0 Å². The summed E-state index contributed by atoms with van der Waals surface area (Å²) in [5.41, 5.74) is -1.16. The van der Waals surface area contributed by atoms with Gasteiger partial charge in [0.1, 0.15) is 5.54 Å². The van der Waals surface area contributed by atoms with Crippen LogP contribution in [0.2, 0.25) is 0 Å². The lowest BCUT2D eigenvalue weighted by Gasteiger charge is -2.38. The molecule has 5 nitrogen and oxygen atoms in total. The van der Waals surface area contributed by atoms with Crippen LogP contribution in [0.3, 0.4) is 0 Å². The smallest absolute Gasteiger partial charge is 0.246 e. The van der Waals surface area contributed by atoms with Crippen LogP contribution in [-0.2, 0) is 9.59 Å². The van der Waals surface area contributed by atoms with Crippen molar-refractivity contribution in [1.29, 1.82) is 0 Å². The van der Waals surface area contributed by atoms with E-state index < -0.39 is 5.54 Å². The van der Waals surface area contributed by atoms with E-state index in [-0.39, 0.29) is 23.3 Å². The molecule has 0 bridgehead atoms. The first-order valence-electron chi connectivity index (χ1n) is 8.56. The number of hydrogen-bond donors (Lipinski definition) is 3. The lowest BCUT2D eigenvalue weighted by Crippen LogP contribution is -2.64. The van der Waals surface area contributed by atoms with Crippen molar-refractivity contribution in [3.05, 3.63) is 12.7 Å². The molecule has 1 heterocycles. The molecule has 2 unspecified atom stereocenters. The molecule has 2 rings (SSSR count). The van der Waals surface area contributed by atoms with Crippen molar-refractivity contribution in [1.82, 2.24) is 16.0 Å². The van der Waals surface area contributed by atoms with Gasteiger partial charge in [0.25, 0.3) is 0 Å². The fourth-order valence-corrected chi connectivity index (χ4v) is 4.44. The third-order valence-corrected chi connectivity index (χ3v) is 5.29. The van der Waals surface area contributed by atoms with Crippen LogP contribution in [0.1, 0.15) is 47.5 Å². The fraction of sp³-hybridized carbons (Fsp3) is 0.778. The second-order valence-corrected chi connectivity index (χ2v) is 8.22. The first-order valence-corrected chi connectivity index (χ1v) is 8.56. The summed E-state index contributed by atoms with van der Waals surface area (Å²) in [6.45, 7) is 14.3. The van der Waals surface area contributed by atoms with E-state index in [2.05, 4.69) is 29.5 Å². The van der Waals surface area contributed by atoms with Crippen molar-refractivity contribution >= 4 is 11.8 Å². The van der Waals surface area contributed by atoms with Gasteiger partial charge in [-0.25, -0.2) is 0 Å². The van der Waals surface area contributed by atoms with E-state index in [0.29, 0.717) is 24.3 Å². The second-order valence-electron chi connectivity index (χ2n) is 8.22. The van der Waals surface area contributed by atoms with Gasteiger partial charge in [0.15, 0.2) is 0 Å². The highest BCUT2D eigenvalue weighted by Crippen LogP contribution is 2.50. The molecular formula is C18H31N3O2. The zero-order valence-electron chi connectivity index (χ0n) is 15.0. The molecule has 0 aromatic heterocycles. The third-order valence-electron chi connectivity index (χ3n) is 5.29. The number of carbonyl (C=O) groups is 2. The molecule has 2 aliphatic rings. The van der Waals surface area contributed by atoms with E-state index >= 15 is 0 Å². The number of hydrogen-bond acceptors (Lipinski definition) is 3. The average molecular weight is 321 g/mol. The van der Waals surface area contributed by atoms with E-state index in [1.807, 2.05) is 26.8 Å². The Labute approximate surface area is 139 Å². The Balaban J connectivity index is 2.40. The van der Waals surface area contributed by atoms with E-state index in [9.17, 15) is 9.59 Å². The molecule has 5 heteroatoms. The minimum Gasteiger partial charge on any atom is -0.349 e. The van der Waals surface area contributed by atoms with Gasteiger partial charge >= 0.3 is 0 Å². The minimum atomic E-state index is -0.834. The average Bonchev–Trinajstić information content (AvgIpc) is 2.88. The Morgan fingerprint density at radius 1 is 1.35 bits per heavy atom. The number of rotatable bonds is 4. The highest BCUT2D eigenvalue weighted by Gasteiger charge is 2.60. The van der Waals surface area contributed by atoms with Gasteiger partial charge in [-0.2, -0.15) is 0 Å². The van der Waals surface area contributed by atoms with Crippen LogP contribution >= 0.6 is 0 Å². The Bertz CT molecular complexity index is 497. The SMILES string of the molecule is C=CC[C@H]1[C@@H]2CNC(C)[C@@H]2CC1(NC(C)=O)C(=O)NC(C)(C)C. The number of nitrogens with one attached hydrogen (secondary N) is 3. The fourth-order valence-electron chi connectivity index (χ4n) is 4.44. The summed E-state index contributed by atoms with van der Waals surface area (Å²) in [5, 5.41) is 9.64. The summed E-state index contributed by atoms with van der Waals surface area (Å²) in [5.74, 6) is 0.657. The van der Waals surface area contributed by atoms with Gasteiger partial charge < -0.3 is 16.0 Å². The van der Waals surface area contributed by atoms with Gasteiger partial charge in [-0.15, -0.1) is 6.58 Å². The molecule has 0 spiro atoms. The molecule has 2 amide bonds. The molecule has 23 heavy (non-hydrogen) atoms. The summed E-state index contributed by atoms with van der Waals surface area (Å²) in [6.07, 6.45) is 3.29. The first-order chi connectivity index (χ1) is 10.6. The number of allylic oxidation sites excluding steroid dienone is 1. The predicted octanol–water partition coefficient (Wildman–Crippen LogP) is 1.60. The van der Waals surface area contributed by atoms with Crippen molar-refractivity contribution in [2.24, 2.45) is 17.8 Å². The van der Waals surface area contributed by atoms with Crippen LogP contribution in [0.25, 0.3) is 0 Å². The van der Waals surface area contributed by atoms with Gasteiger partial charge in [-0.05, 0) is 64.8 Å². The maximum Gasteiger partial charge on any atom is 0.246 e. The summed E-state index contributed by atoms with van der Waals surface area (Å²) >= 11 is 0. The topological polar surface area (TPSA) is 70.2 Å². The monoisotopic (exact) mass is 321 g/mol. The molecule has 3 N–H and O–H groups in total. The van der Waals surface area contributed by atoms with Crippen molar-refractivity contribution in [3.8, 4) is 0 Å². The summed E-state index contributed by atoms with van der Waals surface area (Å²) in [7, 11) is 0. The maximum absolute atomic E-state index is 13.2.